The molecule has 0 saturated carbocycles. The van der Waals surface area contributed by atoms with Crippen LogP contribution in [0.5, 0.6) is 0 Å². The first kappa shape index (κ1) is 22.0. The molecule has 3 N–H and O–H groups in total. The molecule has 14 heteroatoms. The van der Waals surface area contributed by atoms with Crippen LogP contribution in [0, 0.1) is 0 Å². The first-order valence-electron chi connectivity index (χ1n) is 9.71. The van der Waals surface area contributed by atoms with Gasteiger partial charge in [0, 0.05) is 0 Å². The Morgan fingerprint density at radius 1 is 1.45 bits per heavy atom. The van der Waals surface area contributed by atoms with Gasteiger partial charge in [-0.05, 0) is 27.7 Å². The fourth-order valence-electron chi connectivity index (χ4n) is 3.56. The predicted molar refractivity (Wildman–Crippen MR) is 105 cm³/mol. The number of aromatic nitrogens is 4. The number of fused-ring (bicyclic) bond motifs is 2. The highest BCUT2D eigenvalue weighted by atomic mass is 31.2. The number of carbonyl (C=O) groups excluding carboxylic acids is 1. The molecule has 6 atom stereocenters. The van der Waals surface area contributed by atoms with E-state index in [0.717, 1.165) is 0 Å². The standard InChI is InChI=1S/C17H24FN6O6P/c1-8(2)28-14(25)9(3)23-31(26)27-6-11-12(30-31)17(4,18)15(29-11)24-7-21-10-5-20-16(19)22-13(10)24/h5,7-9,11-12,15H,6H2,1-4H3,(H,23,26)(H2,19,20,22)/t9-,11+,12+,15+,17+,31-/m0/s1. The molecule has 0 aliphatic carbocycles. The van der Waals surface area contributed by atoms with E-state index in [2.05, 4.69) is 20.0 Å². The number of nitrogen functional groups attached to an aromatic ring is 1. The Labute approximate surface area is 177 Å². The summed E-state index contributed by atoms with van der Waals surface area (Å²) >= 11 is 0. The minimum atomic E-state index is -4.02. The van der Waals surface area contributed by atoms with Crippen molar-refractivity contribution in [2.75, 3.05) is 12.3 Å². The largest absolute Gasteiger partial charge is 0.462 e. The first-order valence-corrected chi connectivity index (χ1v) is 11.2. The summed E-state index contributed by atoms with van der Waals surface area (Å²) in [5.41, 5.74) is 4.20. The molecule has 4 heterocycles. The van der Waals surface area contributed by atoms with Crippen LogP contribution in [0.25, 0.3) is 11.2 Å². The van der Waals surface area contributed by atoms with E-state index < -0.39 is 43.9 Å². The summed E-state index contributed by atoms with van der Waals surface area (Å²) < 4.78 is 52.2. The van der Waals surface area contributed by atoms with Gasteiger partial charge in [-0.2, -0.15) is 4.98 Å². The molecule has 0 bridgehead atoms. The van der Waals surface area contributed by atoms with E-state index in [1.807, 2.05) is 0 Å². The monoisotopic (exact) mass is 458 g/mol. The van der Waals surface area contributed by atoms with Gasteiger partial charge < -0.3 is 15.2 Å². The maximum Gasteiger partial charge on any atom is 0.406 e. The van der Waals surface area contributed by atoms with Gasteiger partial charge in [0.15, 0.2) is 17.5 Å². The molecule has 4 rings (SSSR count). The maximum atomic E-state index is 15.9. The van der Waals surface area contributed by atoms with Crippen molar-refractivity contribution >= 4 is 30.8 Å². The van der Waals surface area contributed by atoms with Crippen LogP contribution in [0.2, 0.25) is 0 Å². The van der Waals surface area contributed by atoms with Gasteiger partial charge in [-0.15, -0.1) is 0 Å². The lowest BCUT2D eigenvalue weighted by Gasteiger charge is -2.35. The molecule has 12 nitrogen and oxygen atoms in total. The smallest absolute Gasteiger partial charge is 0.406 e. The van der Waals surface area contributed by atoms with E-state index in [4.69, 9.17) is 24.3 Å². The lowest BCUT2D eigenvalue weighted by Crippen LogP contribution is -2.47. The Bertz CT molecular complexity index is 1050. The normalized spacial score (nSPS) is 34.1. The Kier molecular flexibility index (Phi) is 5.51. The summed E-state index contributed by atoms with van der Waals surface area (Å²) in [7, 11) is -4.02. The number of nitrogens with one attached hydrogen (secondary N) is 1. The van der Waals surface area contributed by atoms with Crippen LogP contribution in [0.4, 0.5) is 10.3 Å². The summed E-state index contributed by atoms with van der Waals surface area (Å²) in [6.07, 6.45) is -0.855. The van der Waals surface area contributed by atoms with Gasteiger partial charge in [0.2, 0.25) is 5.95 Å². The fraction of sp³-hybridized carbons (Fsp3) is 0.647. The van der Waals surface area contributed by atoms with Gasteiger partial charge in [0.05, 0.1) is 25.2 Å². The molecule has 31 heavy (non-hydrogen) atoms. The van der Waals surface area contributed by atoms with E-state index in [0.29, 0.717) is 5.52 Å². The number of hydrogen-bond acceptors (Lipinski definition) is 10. The number of esters is 1. The summed E-state index contributed by atoms with van der Waals surface area (Å²) in [4.78, 5) is 24.1. The van der Waals surface area contributed by atoms with E-state index in [9.17, 15) is 9.36 Å². The molecule has 2 aromatic heterocycles. The zero-order valence-corrected chi connectivity index (χ0v) is 18.3. The van der Waals surface area contributed by atoms with Crippen LogP contribution in [0.3, 0.4) is 0 Å². The van der Waals surface area contributed by atoms with Crippen LogP contribution in [0.1, 0.15) is 33.9 Å². The lowest BCUT2D eigenvalue weighted by molar-refractivity contribution is -0.149. The Hall–Kier alpha value is -2.18. The first-order chi connectivity index (χ1) is 14.5. The summed E-state index contributed by atoms with van der Waals surface area (Å²) in [6, 6.07) is -0.994. The van der Waals surface area contributed by atoms with Crippen molar-refractivity contribution in [1.82, 2.24) is 24.6 Å². The number of nitrogens with two attached hydrogens (primary N) is 1. The lowest BCUT2D eigenvalue weighted by atomic mass is 9.98. The molecule has 0 unspecified atom stereocenters. The average Bonchev–Trinajstić information content (AvgIpc) is 3.19. The van der Waals surface area contributed by atoms with Gasteiger partial charge in [-0.3, -0.25) is 18.4 Å². The number of anilines is 1. The molecule has 0 aromatic carbocycles. The molecule has 0 spiro atoms. The zero-order valence-electron chi connectivity index (χ0n) is 17.4. The van der Waals surface area contributed by atoms with E-state index in [1.165, 1.54) is 30.9 Å². The summed E-state index contributed by atoms with van der Waals surface area (Å²) in [6.45, 7) is 5.89. The molecule has 2 aliphatic heterocycles. The Morgan fingerprint density at radius 3 is 2.90 bits per heavy atom. The molecule has 2 saturated heterocycles. The minimum Gasteiger partial charge on any atom is -0.462 e. The van der Waals surface area contributed by atoms with Crippen molar-refractivity contribution in [3.63, 3.8) is 0 Å². The fourth-order valence-corrected chi connectivity index (χ4v) is 5.32. The Morgan fingerprint density at radius 2 is 2.19 bits per heavy atom. The van der Waals surface area contributed by atoms with Gasteiger partial charge >= 0.3 is 13.7 Å². The zero-order chi connectivity index (χ0) is 22.6. The van der Waals surface area contributed by atoms with Crippen LogP contribution < -0.4 is 10.8 Å². The summed E-state index contributed by atoms with van der Waals surface area (Å²) in [5, 5.41) is 2.50. The molecular formula is C17H24FN6O6P. The second kappa shape index (κ2) is 7.75. The topological polar surface area (TPSA) is 153 Å². The highest BCUT2D eigenvalue weighted by Gasteiger charge is 2.61. The number of alkyl halides is 1. The second-order valence-corrected chi connectivity index (χ2v) is 9.64. The SMILES string of the molecule is CC(C)OC(=O)[C@H](C)N[P@]1(=O)OC[C@H]2O[C@@H](n3cnc4cnc(N)nc43)[C@](C)(F)[C@@H]2O1. The predicted octanol–water partition coefficient (Wildman–Crippen LogP) is 1.49. The molecular weight excluding hydrogens is 434 g/mol. The summed E-state index contributed by atoms with van der Waals surface area (Å²) in [5.74, 6) is -0.633. The van der Waals surface area contributed by atoms with E-state index in [1.54, 1.807) is 13.8 Å². The second-order valence-electron chi connectivity index (χ2n) is 7.92. The number of hydrogen-bond donors (Lipinski definition) is 2. The number of carbonyl (C=O) groups is 1. The third kappa shape index (κ3) is 4.03. The van der Waals surface area contributed by atoms with Gasteiger partial charge in [-0.25, -0.2) is 24.0 Å². The van der Waals surface area contributed by atoms with Crippen molar-refractivity contribution in [2.24, 2.45) is 0 Å². The Balaban J connectivity index is 1.55. The van der Waals surface area contributed by atoms with Crippen LogP contribution in [-0.2, 0) is 27.9 Å². The van der Waals surface area contributed by atoms with Gasteiger partial charge in [0.1, 0.15) is 23.8 Å². The number of nitrogens with zero attached hydrogens (tertiary/aromatic N) is 4. The highest BCUT2D eigenvalue weighted by molar-refractivity contribution is 7.51. The number of imidazole rings is 1. The average molecular weight is 458 g/mol. The van der Waals surface area contributed by atoms with Gasteiger partial charge in [-0.1, -0.05) is 0 Å². The molecule has 2 aromatic rings. The van der Waals surface area contributed by atoms with Crippen molar-refractivity contribution in [2.45, 2.75) is 63.9 Å². The third-order valence-electron chi connectivity index (χ3n) is 4.99. The maximum absolute atomic E-state index is 15.9. The van der Waals surface area contributed by atoms with Crippen LogP contribution >= 0.6 is 7.75 Å². The molecule has 2 aliphatic rings. The third-order valence-corrected chi connectivity index (χ3v) is 6.68. The molecule has 170 valence electrons. The van der Waals surface area contributed by atoms with Crippen molar-refractivity contribution in [1.29, 1.82) is 0 Å². The van der Waals surface area contributed by atoms with E-state index in [-0.39, 0.29) is 24.3 Å². The molecule has 0 amide bonds. The number of ether oxygens (including phenoxy) is 2. The number of halogens is 1. The molecule has 2 fully saturated rings. The van der Waals surface area contributed by atoms with Crippen molar-refractivity contribution in [3.8, 4) is 0 Å². The van der Waals surface area contributed by atoms with Crippen molar-refractivity contribution < 1.29 is 32.3 Å². The van der Waals surface area contributed by atoms with E-state index >= 15 is 4.39 Å². The highest BCUT2D eigenvalue weighted by Crippen LogP contribution is 2.57. The number of rotatable bonds is 5. The van der Waals surface area contributed by atoms with Crippen LogP contribution in [-0.4, -0.2) is 62.1 Å². The van der Waals surface area contributed by atoms with Crippen LogP contribution in [0.15, 0.2) is 12.5 Å². The quantitative estimate of drug-likeness (QED) is 0.495. The molecule has 0 radical (unpaired) electrons. The van der Waals surface area contributed by atoms with Gasteiger partial charge in [0.25, 0.3) is 0 Å². The minimum absolute atomic E-state index is 0.000722. The van der Waals surface area contributed by atoms with Crippen molar-refractivity contribution in [3.05, 3.63) is 12.5 Å².